The van der Waals surface area contributed by atoms with Crippen molar-refractivity contribution in [2.45, 2.75) is 66.8 Å². The second kappa shape index (κ2) is 8.47. The molecule has 4 rings (SSSR count). The van der Waals surface area contributed by atoms with Crippen LogP contribution in [0.25, 0.3) is 11.0 Å². The molecule has 0 bridgehead atoms. The monoisotopic (exact) mass is 447 g/mol. The SMILES string of the molecule is Cc1cccc(N2CCN(C(=O)c3cc(C(C)C)nc4c3c(C)nn4C(C)(C)C)CC2)c1C. The second-order valence-corrected chi connectivity index (χ2v) is 10.6. The molecule has 33 heavy (non-hydrogen) atoms. The van der Waals surface area contributed by atoms with Crippen LogP contribution in [0.15, 0.2) is 24.3 Å². The molecule has 1 amide bonds. The molecule has 1 aliphatic rings. The van der Waals surface area contributed by atoms with E-state index in [2.05, 4.69) is 71.6 Å². The Hall–Kier alpha value is -2.89. The van der Waals surface area contributed by atoms with Crippen molar-refractivity contribution >= 4 is 22.6 Å². The number of hydrogen-bond donors (Lipinski definition) is 0. The number of aryl methyl sites for hydroxylation is 2. The third-order valence-electron chi connectivity index (χ3n) is 6.77. The van der Waals surface area contributed by atoms with Crippen molar-refractivity contribution in [2.24, 2.45) is 0 Å². The quantitative estimate of drug-likeness (QED) is 0.554. The molecule has 6 nitrogen and oxygen atoms in total. The number of amides is 1. The van der Waals surface area contributed by atoms with Gasteiger partial charge in [0.1, 0.15) is 0 Å². The molecule has 0 N–H and O–H groups in total. The van der Waals surface area contributed by atoms with E-state index in [1.807, 2.05) is 22.6 Å². The fraction of sp³-hybridized carbons (Fsp3) is 0.519. The lowest BCUT2D eigenvalue weighted by Gasteiger charge is -2.37. The molecule has 1 aromatic carbocycles. The third-order valence-corrected chi connectivity index (χ3v) is 6.77. The van der Waals surface area contributed by atoms with Crippen LogP contribution in [0.2, 0.25) is 0 Å². The molecule has 0 saturated carbocycles. The number of rotatable bonds is 3. The zero-order valence-electron chi connectivity index (χ0n) is 21.4. The van der Waals surface area contributed by atoms with Gasteiger partial charge in [-0.25, -0.2) is 9.67 Å². The maximum absolute atomic E-state index is 13.8. The molecule has 0 atom stereocenters. The predicted octanol–water partition coefficient (Wildman–Crippen LogP) is 5.20. The zero-order valence-corrected chi connectivity index (χ0v) is 21.4. The minimum atomic E-state index is -0.216. The van der Waals surface area contributed by atoms with Crippen molar-refractivity contribution in [1.29, 1.82) is 0 Å². The highest BCUT2D eigenvalue weighted by molar-refractivity contribution is 6.06. The molecule has 2 aromatic heterocycles. The number of carbonyl (C=O) groups excluding carboxylic acids is 1. The van der Waals surface area contributed by atoms with E-state index in [-0.39, 0.29) is 17.4 Å². The number of pyridine rings is 1. The van der Waals surface area contributed by atoms with Crippen molar-refractivity contribution in [2.75, 3.05) is 31.1 Å². The second-order valence-electron chi connectivity index (χ2n) is 10.6. The van der Waals surface area contributed by atoms with E-state index in [1.54, 1.807) is 0 Å². The highest BCUT2D eigenvalue weighted by atomic mass is 16.2. The van der Waals surface area contributed by atoms with Gasteiger partial charge in [-0.1, -0.05) is 26.0 Å². The van der Waals surface area contributed by atoms with E-state index in [0.717, 1.165) is 41.1 Å². The maximum Gasteiger partial charge on any atom is 0.254 e. The van der Waals surface area contributed by atoms with Crippen LogP contribution >= 0.6 is 0 Å². The van der Waals surface area contributed by atoms with Crippen molar-refractivity contribution < 1.29 is 4.79 Å². The summed E-state index contributed by atoms with van der Waals surface area (Å²) >= 11 is 0. The highest BCUT2D eigenvalue weighted by Gasteiger charge is 2.29. The van der Waals surface area contributed by atoms with Crippen LogP contribution in [0.5, 0.6) is 0 Å². The molecule has 1 fully saturated rings. The van der Waals surface area contributed by atoms with Gasteiger partial charge < -0.3 is 9.80 Å². The largest absolute Gasteiger partial charge is 0.368 e. The van der Waals surface area contributed by atoms with E-state index >= 15 is 0 Å². The van der Waals surface area contributed by atoms with Gasteiger partial charge in [0.05, 0.1) is 22.2 Å². The lowest BCUT2D eigenvalue weighted by Crippen LogP contribution is -2.49. The number of anilines is 1. The van der Waals surface area contributed by atoms with E-state index in [4.69, 9.17) is 10.1 Å². The fourth-order valence-electron chi connectivity index (χ4n) is 4.64. The molecule has 3 heterocycles. The van der Waals surface area contributed by atoms with Gasteiger partial charge in [-0.15, -0.1) is 0 Å². The van der Waals surface area contributed by atoms with Gasteiger partial charge in [0.15, 0.2) is 5.65 Å². The van der Waals surface area contributed by atoms with Crippen molar-refractivity contribution in [3.8, 4) is 0 Å². The highest BCUT2D eigenvalue weighted by Crippen LogP contribution is 2.30. The molecular formula is C27H37N5O. The number of carbonyl (C=O) groups is 1. The first-order chi connectivity index (χ1) is 15.5. The normalized spacial score (nSPS) is 15.1. The van der Waals surface area contributed by atoms with Crippen LogP contribution in [0, 0.1) is 20.8 Å². The summed E-state index contributed by atoms with van der Waals surface area (Å²) in [5, 5.41) is 5.68. The summed E-state index contributed by atoms with van der Waals surface area (Å²) in [7, 11) is 0. The maximum atomic E-state index is 13.8. The molecule has 176 valence electrons. The van der Waals surface area contributed by atoms with Crippen LogP contribution in [0.3, 0.4) is 0 Å². The summed E-state index contributed by atoms with van der Waals surface area (Å²) in [6.45, 7) is 20.0. The molecule has 0 aliphatic carbocycles. The smallest absolute Gasteiger partial charge is 0.254 e. The number of aromatic nitrogens is 3. The summed E-state index contributed by atoms with van der Waals surface area (Å²) in [6.07, 6.45) is 0. The summed E-state index contributed by atoms with van der Waals surface area (Å²) in [6, 6.07) is 8.45. The van der Waals surface area contributed by atoms with Gasteiger partial charge in [-0.3, -0.25) is 4.79 Å². The first-order valence-electron chi connectivity index (χ1n) is 12.0. The number of piperazine rings is 1. The molecular weight excluding hydrogens is 410 g/mol. The minimum Gasteiger partial charge on any atom is -0.368 e. The van der Waals surface area contributed by atoms with E-state index in [1.165, 1.54) is 16.8 Å². The molecule has 6 heteroatoms. The fourth-order valence-corrected chi connectivity index (χ4v) is 4.64. The molecule has 0 radical (unpaired) electrons. The van der Waals surface area contributed by atoms with Crippen LogP contribution in [0.4, 0.5) is 5.69 Å². The van der Waals surface area contributed by atoms with Gasteiger partial charge in [-0.2, -0.15) is 5.10 Å². The van der Waals surface area contributed by atoms with Crippen LogP contribution in [-0.4, -0.2) is 51.8 Å². The Morgan fingerprint density at radius 2 is 1.70 bits per heavy atom. The van der Waals surface area contributed by atoms with Gasteiger partial charge in [0.25, 0.3) is 5.91 Å². The van der Waals surface area contributed by atoms with Gasteiger partial charge >= 0.3 is 0 Å². The Morgan fingerprint density at radius 1 is 1.03 bits per heavy atom. The Balaban J connectivity index is 1.67. The number of hydrogen-bond acceptors (Lipinski definition) is 4. The lowest BCUT2D eigenvalue weighted by molar-refractivity contribution is 0.0748. The third kappa shape index (κ3) is 4.23. The Bertz CT molecular complexity index is 1190. The summed E-state index contributed by atoms with van der Waals surface area (Å²) in [5.74, 6) is 0.312. The molecule has 1 saturated heterocycles. The van der Waals surface area contributed by atoms with Gasteiger partial charge in [0.2, 0.25) is 0 Å². The molecule has 1 aliphatic heterocycles. The summed E-state index contributed by atoms with van der Waals surface area (Å²) in [5.41, 5.74) is 7.02. The predicted molar refractivity (Wildman–Crippen MR) is 135 cm³/mol. The number of benzene rings is 1. The van der Waals surface area contributed by atoms with Crippen molar-refractivity contribution in [3.63, 3.8) is 0 Å². The average Bonchev–Trinajstić information content (AvgIpc) is 3.12. The van der Waals surface area contributed by atoms with E-state index in [9.17, 15) is 4.79 Å². The number of fused-ring (bicyclic) bond motifs is 1. The Labute approximate surface area is 197 Å². The van der Waals surface area contributed by atoms with Gasteiger partial charge in [-0.05, 0) is 70.7 Å². The van der Waals surface area contributed by atoms with Crippen LogP contribution in [-0.2, 0) is 5.54 Å². The van der Waals surface area contributed by atoms with Gasteiger partial charge in [0, 0.05) is 37.6 Å². The Morgan fingerprint density at radius 3 is 2.30 bits per heavy atom. The average molecular weight is 448 g/mol. The number of nitrogens with zero attached hydrogens (tertiary/aromatic N) is 5. The first kappa shape index (κ1) is 23.3. The summed E-state index contributed by atoms with van der Waals surface area (Å²) in [4.78, 5) is 23.1. The molecule has 3 aromatic rings. The van der Waals surface area contributed by atoms with E-state index in [0.29, 0.717) is 13.1 Å². The topological polar surface area (TPSA) is 54.3 Å². The zero-order chi connectivity index (χ0) is 24.1. The minimum absolute atomic E-state index is 0.0847. The molecule has 0 spiro atoms. The van der Waals surface area contributed by atoms with Crippen molar-refractivity contribution in [1.82, 2.24) is 19.7 Å². The van der Waals surface area contributed by atoms with Crippen LogP contribution in [0.1, 0.15) is 73.4 Å². The first-order valence-corrected chi connectivity index (χ1v) is 12.0. The standard InChI is InChI=1S/C27H37N5O/c1-17(2)22-16-21(24-20(5)29-32(25(24)28-22)27(6,7)8)26(33)31-14-12-30(13-15-31)23-11-9-10-18(3)19(23)4/h9-11,16-17H,12-15H2,1-8H3. The molecule has 0 unspecified atom stereocenters. The van der Waals surface area contributed by atoms with Crippen molar-refractivity contribution in [3.05, 3.63) is 52.3 Å². The van der Waals surface area contributed by atoms with E-state index < -0.39 is 0 Å². The lowest BCUT2D eigenvalue weighted by atomic mass is 10.0. The summed E-state index contributed by atoms with van der Waals surface area (Å²) < 4.78 is 1.97. The van der Waals surface area contributed by atoms with Crippen LogP contribution < -0.4 is 4.90 Å². The Kier molecular flexibility index (Phi) is 5.97.